The van der Waals surface area contributed by atoms with E-state index in [1.807, 2.05) is 0 Å². The van der Waals surface area contributed by atoms with Crippen LogP contribution in [-0.4, -0.2) is 28.7 Å². The van der Waals surface area contributed by atoms with Crippen molar-refractivity contribution >= 4 is 32.4 Å². The van der Waals surface area contributed by atoms with E-state index in [2.05, 4.69) is 95.5 Å². The van der Waals surface area contributed by atoms with E-state index in [0.29, 0.717) is 6.61 Å². The second-order valence-corrected chi connectivity index (χ2v) is 10.4. The topological polar surface area (TPSA) is 34.1 Å². The van der Waals surface area contributed by atoms with E-state index in [1.54, 1.807) is 0 Å². The normalized spacial score (nSPS) is 26.4. The van der Waals surface area contributed by atoms with E-state index in [1.165, 1.54) is 21.9 Å². The Bertz CT molecular complexity index is 1220. The van der Waals surface area contributed by atoms with Gasteiger partial charge in [-0.1, -0.05) is 52.3 Å². The summed E-state index contributed by atoms with van der Waals surface area (Å²) >= 11 is 3.65. The Morgan fingerprint density at radius 1 is 1.03 bits per heavy atom. The van der Waals surface area contributed by atoms with E-state index in [4.69, 9.17) is 14.6 Å². The third-order valence-electron chi connectivity index (χ3n) is 6.73. The zero-order chi connectivity index (χ0) is 21.2. The minimum Gasteiger partial charge on any atom is -0.466 e. The lowest BCUT2D eigenvalue weighted by molar-refractivity contribution is -0.212. The lowest BCUT2D eigenvalue weighted by Gasteiger charge is -2.52. The molecule has 0 aliphatic carbocycles. The molecule has 3 heterocycles. The summed E-state index contributed by atoms with van der Waals surface area (Å²) in [6.07, 6.45) is 2.45. The van der Waals surface area contributed by atoms with E-state index >= 15 is 0 Å². The van der Waals surface area contributed by atoms with Crippen LogP contribution in [0.5, 0.6) is 5.75 Å². The van der Waals surface area contributed by atoms with Crippen LogP contribution in [-0.2, 0) is 4.74 Å². The van der Waals surface area contributed by atoms with Crippen molar-refractivity contribution in [3.8, 4) is 5.75 Å². The van der Waals surface area contributed by atoms with Crippen LogP contribution in [0.4, 0.5) is 0 Å². The molecule has 2 atom stereocenters. The summed E-state index contributed by atoms with van der Waals surface area (Å²) in [7, 11) is 0. The van der Waals surface area contributed by atoms with Gasteiger partial charge in [-0.25, -0.2) is 5.01 Å². The second kappa shape index (κ2) is 6.81. The fourth-order valence-electron chi connectivity index (χ4n) is 5.37. The van der Waals surface area contributed by atoms with Crippen molar-refractivity contribution in [2.75, 3.05) is 6.61 Å². The fourth-order valence-corrected chi connectivity index (χ4v) is 5.75. The molecule has 5 heteroatoms. The first kappa shape index (κ1) is 19.3. The van der Waals surface area contributed by atoms with Crippen LogP contribution in [0.1, 0.15) is 50.3 Å². The summed E-state index contributed by atoms with van der Waals surface area (Å²) in [5.41, 5.74) is 2.77. The number of hydrogen-bond donors (Lipinski definition) is 0. The molecule has 3 aliphatic rings. The lowest BCUT2D eigenvalue weighted by Crippen LogP contribution is -2.60. The van der Waals surface area contributed by atoms with Gasteiger partial charge in [0.15, 0.2) is 0 Å². The molecule has 1 saturated heterocycles. The van der Waals surface area contributed by atoms with Crippen LogP contribution in [0.2, 0.25) is 0 Å². The molecule has 0 unspecified atom stereocenters. The van der Waals surface area contributed by atoms with Crippen molar-refractivity contribution in [3.05, 3.63) is 76.3 Å². The van der Waals surface area contributed by atoms with Crippen LogP contribution in [0.25, 0.3) is 10.8 Å². The summed E-state index contributed by atoms with van der Waals surface area (Å²) in [6.45, 7) is 4.96. The van der Waals surface area contributed by atoms with E-state index < -0.39 is 5.72 Å². The summed E-state index contributed by atoms with van der Waals surface area (Å²) in [5.74, 6) is 0.970. The Morgan fingerprint density at radius 3 is 2.71 bits per heavy atom. The van der Waals surface area contributed by atoms with Gasteiger partial charge in [0.25, 0.3) is 0 Å². The van der Waals surface area contributed by atoms with E-state index in [-0.39, 0.29) is 11.6 Å². The molecule has 0 bridgehead atoms. The van der Waals surface area contributed by atoms with Gasteiger partial charge in [0.2, 0.25) is 5.72 Å². The largest absolute Gasteiger partial charge is 0.466 e. The first-order chi connectivity index (χ1) is 14.9. The highest BCUT2D eigenvalue weighted by Crippen LogP contribution is 2.52. The highest BCUT2D eigenvalue weighted by molar-refractivity contribution is 9.10. The number of halogens is 1. The predicted octanol–water partition coefficient (Wildman–Crippen LogP) is 6.43. The van der Waals surface area contributed by atoms with Crippen molar-refractivity contribution in [1.29, 1.82) is 0 Å². The summed E-state index contributed by atoms with van der Waals surface area (Å²) in [5, 5.41) is 9.96. The summed E-state index contributed by atoms with van der Waals surface area (Å²) in [4.78, 5) is 0. The smallest absolute Gasteiger partial charge is 0.203 e. The Kier molecular flexibility index (Phi) is 4.25. The van der Waals surface area contributed by atoms with Crippen LogP contribution in [0.3, 0.4) is 0 Å². The molecular formula is C26H25BrN2O2. The third-order valence-corrected chi connectivity index (χ3v) is 7.22. The first-order valence-corrected chi connectivity index (χ1v) is 11.7. The maximum Gasteiger partial charge on any atom is 0.203 e. The molecule has 0 saturated carbocycles. The van der Waals surface area contributed by atoms with Crippen molar-refractivity contribution in [1.82, 2.24) is 5.01 Å². The molecule has 3 aromatic rings. The molecule has 158 valence electrons. The number of nitrogens with zero attached hydrogens (tertiary/aromatic N) is 2. The first-order valence-electron chi connectivity index (χ1n) is 10.9. The second-order valence-electron chi connectivity index (χ2n) is 9.44. The molecule has 0 N–H and O–H groups in total. The average Bonchev–Trinajstić information content (AvgIpc) is 3.20. The molecule has 31 heavy (non-hydrogen) atoms. The van der Waals surface area contributed by atoms with Gasteiger partial charge in [0.1, 0.15) is 5.75 Å². The molecule has 4 nitrogen and oxygen atoms in total. The van der Waals surface area contributed by atoms with Gasteiger partial charge < -0.3 is 9.47 Å². The van der Waals surface area contributed by atoms with Gasteiger partial charge in [0, 0.05) is 29.3 Å². The number of hydrazone groups is 1. The Morgan fingerprint density at radius 2 is 1.87 bits per heavy atom. The van der Waals surface area contributed by atoms with E-state index in [9.17, 15) is 0 Å². The minimum atomic E-state index is -0.480. The van der Waals surface area contributed by atoms with E-state index in [0.717, 1.165) is 35.2 Å². The molecule has 1 spiro atoms. The third kappa shape index (κ3) is 3.17. The highest BCUT2D eigenvalue weighted by atomic mass is 79.9. The van der Waals surface area contributed by atoms with Gasteiger partial charge >= 0.3 is 0 Å². The Hall–Kier alpha value is -2.37. The number of ether oxygens (including phenoxy) is 2. The maximum absolute atomic E-state index is 6.74. The number of fused-ring (bicyclic) bond motifs is 5. The van der Waals surface area contributed by atoms with Crippen LogP contribution < -0.4 is 4.74 Å². The molecule has 3 aliphatic heterocycles. The van der Waals surface area contributed by atoms with Crippen LogP contribution >= 0.6 is 15.9 Å². The fraction of sp³-hybridized carbons (Fsp3) is 0.346. The predicted molar refractivity (Wildman–Crippen MR) is 126 cm³/mol. The summed E-state index contributed by atoms with van der Waals surface area (Å²) < 4.78 is 13.8. The monoisotopic (exact) mass is 476 g/mol. The molecular weight excluding hydrogens is 452 g/mol. The number of rotatable bonds is 1. The quantitative estimate of drug-likeness (QED) is 0.405. The van der Waals surface area contributed by atoms with Crippen LogP contribution in [0, 0.1) is 0 Å². The van der Waals surface area contributed by atoms with Crippen molar-refractivity contribution in [2.45, 2.75) is 50.5 Å². The number of benzene rings is 3. The standard InChI is InChI=1S/C26H25BrN2O2/c1-25(2)16-26(11-12-30-25)29-23(21-14-20(27)9-10-24(21)31-26)15-22(28-29)19-8-7-17-5-3-4-6-18(17)13-19/h3-10,13-14,23H,11-12,15-16H2,1-2H3/t23-,26+/m1/s1. The van der Waals surface area contributed by atoms with Crippen molar-refractivity contribution in [2.24, 2.45) is 5.10 Å². The molecule has 1 fully saturated rings. The van der Waals surface area contributed by atoms with Crippen LogP contribution in [0.15, 0.2) is 70.2 Å². The van der Waals surface area contributed by atoms with Crippen molar-refractivity contribution < 1.29 is 9.47 Å². The molecule has 0 radical (unpaired) electrons. The SMILES string of the molecule is CC1(C)C[C@]2(CCO1)Oc1ccc(Br)cc1[C@H]1CC(c3ccc4ccccc4c3)=NN12. The van der Waals surface area contributed by atoms with Gasteiger partial charge in [-0.15, -0.1) is 0 Å². The zero-order valence-corrected chi connectivity index (χ0v) is 19.4. The molecule has 0 aromatic heterocycles. The average molecular weight is 477 g/mol. The molecule has 3 aromatic carbocycles. The molecule has 6 rings (SSSR count). The van der Waals surface area contributed by atoms with Gasteiger partial charge in [0.05, 0.1) is 24.0 Å². The summed E-state index contributed by atoms with van der Waals surface area (Å²) in [6, 6.07) is 21.6. The van der Waals surface area contributed by atoms with Gasteiger partial charge in [-0.3, -0.25) is 0 Å². The van der Waals surface area contributed by atoms with Crippen molar-refractivity contribution in [3.63, 3.8) is 0 Å². The lowest BCUT2D eigenvalue weighted by atomic mass is 9.86. The Balaban J connectivity index is 1.47. The maximum atomic E-state index is 6.74. The van der Waals surface area contributed by atoms with Gasteiger partial charge in [-0.05, 0) is 54.4 Å². The highest BCUT2D eigenvalue weighted by Gasteiger charge is 2.54. The number of hydrogen-bond acceptors (Lipinski definition) is 4. The minimum absolute atomic E-state index is 0.164. The molecule has 0 amide bonds. The zero-order valence-electron chi connectivity index (χ0n) is 17.8. The Labute approximate surface area is 191 Å². The van der Waals surface area contributed by atoms with Gasteiger partial charge in [-0.2, -0.15) is 5.10 Å².